The van der Waals surface area contributed by atoms with Gasteiger partial charge in [0.15, 0.2) is 0 Å². The van der Waals surface area contributed by atoms with E-state index in [0.717, 1.165) is 24.2 Å². The summed E-state index contributed by atoms with van der Waals surface area (Å²) >= 11 is 1.41. The van der Waals surface area contributed by atoms with Crippen molar-refractivity contribution < 1.29 is 18.7 Å². The molecule has 3 rings (SSSR count). The van der Waals surface area contributed by atoms with Gasteiger partial charge in [0.05, 0.1) is 31.2 Å². The van der Waals surface area contributed by atoms with Gasteiger partial charge >= 0.3 is 0 Å². The quantitative estimate of drug-likeness (QED) is 0.864. The summed E-state index contributed by atoms with van der Waals surface area (Å²) < 4.78 is 24.2. The van der Waals surface area contributed by atoms with Crippen LogP contribution in [0.25, 0.3) is 0 Å². The number of amides is 1. The molecule has 2 aliphatic rings. The van der Waals surface area contributed by atoms with E-state index in [-0.39, 0.29) is 30.0 Å². The molecule has 0 unspecified atom stereocenters. The van der Waals surface area contributed by atoms with Gasteiger partial charge in [-0.2, -0.15) is 0 Å². The van der Waals surface area contributed by atoms with Crippen LogP contribution in [0.5, 0.6) is 0 Å². The van der Waals surface area contributed by atoms with Crippen LogP contribution in [0.2, 0.25) is 0 Å². The minimum Gasteiger partial charge on any atom is -0.373 e. The minimum absolute atomic E-state index is 0.00880. The van der Waals surface area contributed by atoms with E-state index in [9.17, 15) is 9.18 Å². The molecule has 0 radical (unpaired) electrons. The van der Waals surface area contributed by atoms with Gasteiger partial charge in [0, 0.05) is 10.9 Å². The molecule has 3 atom stereocenters. The van der Waals surface area contributed by atoms with Crippen molar-refractivity contribution in [2.75, 3.05) is 19.0 Å². The summed E-state index contributed by atoms with van der Waals surface area (Å²) in [6.45, 7) is 1.31. The maximum Gasteiger partial charge on any atom is 0.230 e. The third-order valence-electron chi connectivity index (χ3n) is 4.03. The van der Waals surface area contributed by atoms with E-state index < -0.39 is 0 Å². The average molecular weight is 325 g/mol. The Morgan fingerprint density at radius 2 is 1.91 bits per heavy atom. The molecule has 4 nitrogen and oxygen atoms in total. The largest absolute Gasteiger partial charge is 0.373 e. The molecule has 0 spiro atoms. The van der Waals surface area contributed by atoms with Gasteiger partial charge in [-0.1, -0.05) is 0 Å². The van der Waals surface area contributed by atoms with Gasteiger partial charge in [-0.3, -0.25) is 4.79 Å². The number of carbonyl (C=O) groups is 1. The second kappa shape index (κ2) is 7.44. The number of carbonyl (C=O) groups excluding carboxylic acids is 1. The Labute approximate surface area is 133 Å². The molecule has 1 aromatic rings. The van der Waals surface area contributed by atoms with Gasteiger partial charge < -0.3 is 14.8 Å². The lowest BCUT2D eigenvalue weighted by Crippen LogP contribution is -2.49. The van der Waals surface area contributed by atoms with Gasteiger partial charge in [-0.25, -0.2) is 4.39 Å². The van der Waals surface area contributed by atoms with Gasteiger partial charge in [-0.15, -0.1) is 11.8 Å². The molecule has 120 valence electrons. The maximum atomic E-state index is 12.8. The van der Waals surface area contributed by atoms with Crippen molar-refractivity contribution in [3.63, 3.8) is 0 Å². The molecular weight excluding hydrogens is 305 g/mol. The van der Waals surface area contributed by atoms with Crippen LogP contribution in [-0.2, 0) is 14.3 Å². The van der Waals surface area contributed by atoms with Crippen molar-refractivity contribution in [3.8, 4) is 0 Å². The summed E-state index contributed by atoms with van der Waals surface area (Å²) in [5.41, 5.74) is 0. The zero-order chi connectivity index (χ0) is 15.4. The Balaban J connectivity index is 1.42. The van der Waals surface area contributed by atoms with E-state index in [1.54, 1.807) is 12.1 Å². The van der Waals surface area contributed by atoms with Gasteiger partial charge in [-0.05, 0) is 43.5 Å². The molecule has 6 heteroatoms. The molecule has 1 aromatic carbocycles. The summed E-state index contributed by atoms with van der Waals surface area (Å²) in [5, 5.41) is 3.06. The molecular formula is C16H20FNO3S. The van der Waals surface area contributed by atoms with Crippen LogP contribution in [0.1, 0.15) is 19.3 Å². The first kappa shape index (κ1) is 15.8. The zero-order valence-corrected chi connectivity index (χ0v) is 13.1. The van der Waals surface area contributed by atoms with Crippen molar-refractivity contribution in [1.82, 2.24) is 5.32 Å². The summed E-state index contributed by atoms with van der Waals surface area (Å²) in [5.74, 6) is 0.0860. The Hall–Kier alpha value is -1.11. The molecule has 22 heavy (non-hydrogen) atoms. The predicted molar refractivity (Wildman–Crippen MR) is 82.4 cm³/mol. The van der Waals surface area contributed by atoms with Crippen molar-refractivity contribution in [2.24, 2.45) is 0 Å². The predicted octanol–water partition coefficient (Wildman–Crippen LogP) is 2.37. The van der Waals surface area contributed by atoms with Crippen LogP contribution in [0, 0.1) is 5.82 Å². The van der Waals surface area contributed by atoms with Crippen LogP contribution in [0.4, 0.5) is 4.39 Å². The molecule has 1 saturated heterocycles. The molecule has 0 bridgehead atoms. The zero-order valence-electron chi connectivity index (χ0n) is 12.3. The van der Waals surface area contributed by atoms with Gasteiger partial charge in [0.1, 0.15) is 5.82 Å². The number of rotatable bonds is 4. The Morgan fingerprint density at radius 1 is 1.18 bits per heavy atom. The van der Waals surface area contributed by atoms with E-state index in [0.29, 0.717) is 19.0 Å². The fourth-order valence-electron chi connectivity index (χ4n) is 2.95. The van der Waals surface area contributed by atoms with Crippen molar-refractivity contribution in [2.45, 2.75) is 42.4 Å². The first-order valence-electron chi connectivity index (χ1n) is 7.61. The molecule has 1 N–H and O–H groups in total. The highest BCUT2D eigenvalue weighted by atomic mass is 32.2. The Bertz CT molecular complexity index is 511. The highest BCUT2D eigenvalue weighted by Gasteiger charge is 2.34. The van der Waals surface area contributed by atoms with Crippen molar-refractivity contribution in [1.29, 1.82) is 0 Å². The highest BCUT2D eigenvalue weighted by Crippen LogP contribution is 2.27. The van der Waals surface area contributed by atoms with Gasteiger partial charge in [0.2, 0.25) is 5.91 Å². The fraction of sp³-hybridized carbons (Fsp3) is 0.562. The fourth-order valence-corrected chi connectivity index (χ4v) is 3.66. The SMILES string of the molecule is O=C(CSc1ccc(F)cc1)N[C@@H]1CC[C@@H]2OCCO[C@H]2C1. The van der Waals surface area contributed by atoms with E-state index in [1.165, 1.54) is 23.9 Å². The summed E-state index contributed by atoms with van der Waals surface area (Å²) in [6.07, 6.45) is 2.98. The van der Waals surface area contributed by atoms with E-state index in [2.05, 4.69) is 5.32 Å². The smallest absolute Gasteiger partial charge is 0.230 e. The first-order valence-corrected chi connectivity index (χ1v) is 8.60. The van der Waals surface area contributed by atoms with Crippen molar-refractivity contribution >= 4 is 17.7 Å². The van der Waals surface area contributed by atoms with E-state index in [1.807, 2.05) is 0 Å². The van der Waals surface area contributed by atoms with Crippen LogP contribution < -0.4 is 5.32 Å². The molecule has 2 fully saturated rings. The van der Waals surface area contributed by atoms with E-state index >= 15 is 0 Å². The number of hydrogen-bond acceptors (Lipinski definition) is 4. The number of hydrogen-bond donors (Lipinski definition) is 1. The highest BCUT2D eigenvalue weighted by molar-refractivity contribution is 8.00. The topological polar surface area (TPSA) is 47.6 Å². The van der Waals surface area contributed by atoms with Crippen molar-refractivity contribution in [3.05, 3.63) is 30.1 Å². The average Bonchev–Trinajstić information content (AvgIpc) is 2.54. The molecule has 1 aliphatic carbocycles. The second-order valence-electron chi connectivity index (χ2n) is 5.64. The lowest BCUT2D eigenvalue weighted by atomic mass is 9.89. The second-order valence-corrected chi connectivity index (χ2v) is 6.69. The molecule has 0 aromatic heterocycles. The lowest BCUT2D eigenvalue weighted by Gasteiger charge is -2.39. The monoisotopic (exact) mass is 325 g/mol. The third kappa shape index (κ3) is 4.21. The standard InChI is InChI=1S/C16H20FNO3S/c17-11-1-4-13(5-2-11)22-10-16(19)18-12-3-6-14-15(9-12)21-8-7-20-14/h1-2,4-5,12,14-15H,3,6-10H2,(H,18,19)/t12-,14+,15+/m1/s1. The molecule has 1 aliphatic heterocycles. The Morgan fingerprint density at radius 3 is 2.68 bits per heavy atom. The number of halogens is 1. The van der Waals surface area contributed by atoms with Gasteiger partial charge in [0.25, 0.3) is 0 Å². The number of fused-ring (bicyclic) bond motifs is 1. The van der Waals surface area contributed by atoms with Crippen LogP contribution in [0.3, 0.4) is 0 Å². The Kier molecular flexibility index (Phi) is 5.33. The van der Waals surface area contributed by atoms with Crippen LogP contribution in [0.15, 0.2) is 29.2 Å². The lowest BCUT2D eigenvalue weighted by molar-refractivity contribution is -0.158. The number of nitrogens with one attached hydrogen (secondary N) is 1. The summed E-state index contributed by atoms with van der Waals surface area (Å²) in [4.78, 5) is 12.9. The number of thioether (sulfide) groups is 1. The van der Waals surface area contributed by atoms with E-state index in [4.69, 9.17) is 9.47 Å². The normalized spacial score (nSPS) is 28.0. The summed E-state index contributed by atoms with van der Waals surface area (Å²) in [6, 6.07) is 6.34. The maximum absolute atomic E-state index is 12.8. The molecule has 1 amide bonds. The molecule has 1 heterocycles. The first-order chi connectivity index (χ1) is 10.7. The molecule has 1 saturated carbocycles. The number of benzene rings is 1. The minimum atomic E-state index is -0.264. The van der Waals surface area contributed by atoms with Crippen LogP contribution in [-0.4, -0.2) is 43.1 Å². The number of ether oxygens (including phenoxy) is 2. The summed E-state index contributed by atoms with van der Waals surface area (Å²) in [7, 11) is 0. The van der Waals surface area contributed by atoms with Crippen LogP contribution >= 0.6 is 11.8 Å². The third-order valence-corrected chi connectivity index (χ3v) is 5.04.